The van der Waals surface area contributed by atoms with Gasteiger partial charge in [0, 0.05) is 19.3 Å². The van der Waals surface area contributed by atoms with Crippen molar-refractivity contribution in [2.75, 3.05) is 6.61 Å². The molecular formula is C10H12N2O6. The number of imide groups is 1. The Morgan fingerprint density at radius 1 is 1.22 bits per heavy atom. The summed E-state index contributed by atoms with van der Waals surface area (Å²) in [6, 6.07) is -0.241. The van der Waals surface area contributed by atoms with Crippen LogP contribution in [-0.2, 0) is 24.0 Å². The lowest BCUT2D eigenvalue weighted by Crippen LogP contribution is -2.35. The maximum atomic E-state index is 11.2. The van der Waals surface area contributed by atoms with E-state index in [2.05, 4.69) is 10.2 Å². The molecule has 1 atom stereocenters. The highest BCUT2D eigenvalue weighted by Gasteiger charge is 2.33. The molecule has 0 aromatic heterocycles. The van der Waals surface area contributed by atoms with E-state index in [0.717, 1.165) is 0 Å². The van der Waals surface area contributed by atoms with E-state index in [1.54, 1.807) is 0 Å². The van der Waals surface area contributed by atoms with E-state index in [9.17, 15) is 19.2 Å². The fourth-order valence-corrected chi connectivity index (χ4v) is 1.73. The third kappa shape index (κ3) is 2.76. The van der Waals surface area contributed by atoms with Crippen LogP contribution in [0.1, 0.15) is 25.7 Å². The monoisotopic (exact) mass is 256 g/mol. The normalized spacial score (nSPS) is 23.2. The summed E-state index contributed by atoms with van der Waals surface area (Å²) in [6.07, 6.45) is -0.0881. The number of nitrogens with zero attached hydrogens (tertiary/aromatic N) is 1. The van der Waals surface area contributed by atoms with Gasteiger partial charge < -0.3 is 10.1 Å². The van der Waals surface area contributed by atoms with E-state index >= 15 is 0 Å². The van der Waals surface area contributed by atoms with E-state index in [1.165, 1.54) is 0 Å². The van der Waals surface area contributed by atoms with E-state index in [0.29, 0.717) is 17.9 Å². The highest BCUT2D eigenvalue weighted by Crippen LogP contribution is 2.13. The topological polar surface area (TPSA) is 102 Å². The molecule has 0 radical (unpaired) electrons. The lowest BCUT2D eigenvalue weighted by Gasteiger charge is -2.14. The number of hydrogen-bond acceptors (Lipinski definition) is 6. The van der Waals surface area contributed by atoms with Crippen molar-refractivity contribution in [3.63, 3.8) is 0 Å². The molecule has 2 heterocycles. The van der Waals surface area contributed by atoms with Crippen LogP contribution in [0, 0.1) is 0 Å². The Kier molecular flexibility index (Phi) is 3.45. The van der Waals surface area contributed by atoms with Gasteiger partial charge in [0.25, 0.3) is 11.8 Å². The quantitative estimate of drug-likeness (QED) is 0.538. The first-order valence-corrected chi connectivity index (χ1v) is 5.56. The summed E-state index contributed by atoms with van der Waals surface area (Å²) >= 11 is 0. The Hall–Kier alpha value is -2.12. The molecule has 2 fully saturated rings. The zero-order chi connectivity index (χ0) is 13.1. The van der Waals surface area contributed by atoms with Crippen molar-refractivity contribution in [3.8, 4) is 0 Å². The molecule has 2 saturated heterocycles. The third-order valence-electron chi connectivity index (χ3n) is 2.66. The van der Waals surface area contributed by atoms with E-state index in [4.69, 9.17) is 4.74 Å². The fraction of sp³-hybridized carbons (Fsp3) is 0.600. The Morgan fingerprint density at radius 3 is 2.44 bits per heavy atom. The molecule has 0 unspecified atom stereocenters. The molecule has 2 rings (SSSR count). The van der Waals surface area contributed by atoms with Gasteiger partial charge in [-0.25, -0.2) is 4.79 Å². The largest absolute Gasteiger partial charge is 0.534 e. The van der Waals surface area contributed by atoms with Crippen molar-refractivity contribution >= 4 is 23.9 Å². The van der Waals surface area contributed by atoms with E-state index in [-0.39, 0.29) is 31.4 Å². The lowest BCUT2D eigenvalue weighted by molar-refractivity contribution is -0.177. The van der Waals surface area contributed by atoms with Crippen LogP contribution < -0.4 is 5.32 Å². The van der Waals surface area contributed by atoms with Gasteiger partial charge in [-0.1, -0.05) is 5.06 Å². The molecule has 0 saturated carbocycles. The summed E-state index contributed by atoms with van der Waals surface area (Å²) in [5, 5.41) is 3.01. The molecule has 2 aliphatic heterocycles. The molecule has 3 amide bonds. The van der Waals surface area contributed by atoms with Crippen LogP contribution in [0.4, 0.5) is 4.79 Å². The number of ether oxygens (including phenoxy) is 1. The molecule has 18 heavy (non-hydrogen) atoms. The standard InChI is InChI=1S/C10H12N2O6/c13-7-2-1-6(11-7)5-17-10(16)18-12-8(14)3-4-9(12)15/h6H,1-5H2,(H,11,13)/t6-/m0/s1. The number of hydroxylamine groups is 2. The van der Waals surface area contributed by atoms with Crippen LogP contribution in [0.5, 0.6) is 0 Å². The maximum Gasteiger partial charge on any atom is 0.534 e. The Balaban J connectivity index is 1.73. The lowest BCUT2D eigenvalue weighted by atomic mass is 10.2. The minimum Gasteiger partial charge on any atom is -0.431 e. The molecule has 0 aromatic rings. The molecule has 98 valence electrons. The molecule has 8 heteroatoms. The third-order valence-corrected chi connectivity index (χ3v) is 2.66. The fourth-order valence-electron chi connectivity index (χ4n) is 1.73. The molecule has 1 N–H and O–H groups in total. The zero-order valence-electron chi connectivity index (χ0n) is 9.51. The van der Waals surface area contributed by atoms with Gasteiger partial charge in [0.15, 0.2) is 0 Å². The van der Waals surface area contributed by atoms with Crippen LogP contribution >= 0.6 is 0 Å². The Labute approximate surface area is 102 Å². The van der Waals surface area contributed by atoms with Gasteiger partial charge in [-0.3, -0.25) is 19.2 Å². The van der Waals surface area contributed by atoms with Crippen LogP contribution in [0.2, 0.25) is 0 Å². The first kappa shape index (κ1) is 12.3. The molecule has 0 aromatic carbocycles. The van der Waals surface area contributed by atoms with Crippen LogP contribution in [-0.4, -0.2) is 41.6 Å². The second-order valence-electron chi connectivity index (χ2n) is 4.04. The molecule has 0 spiro atoms. The minimum atomic E-state index is -1.13. The predicted molar refractivity (Wildman–Crippen MR) is 54.7 cm³/mol. The van der Waals surface area contributed by atoms with Crippen LogP contribution in [0.15, 0.2) is 0 Å². The first-order valence-electron chi connectivity index (χ1n) is 5.56. The van der Waals surface area contributed by atoms with Gasteiger partial charge in [0.2, 0.25) is 5.91 Å². The highest BCUT2D eigenvalue weighted by atomic mass is 16.8. The van der Waals surface area contributed by atoms with Gasteiger partial charge in [-0.15, -0.1) is 0 Å². The van der Waals surface area contributed by atoms with Gasteiger partial charge >= 0.3 is 6.16 Å². The number of rotatable bonds is 3. The number of amides is 3. The highest BCUT2D eigenvalue weighted by molar-refractivity contribution is 6.01. The van der Waals surface area contributed by atoms with Crippen molar-refractivity contribution in [3.05, 3.63) is 0 Å². The van der Waals surface area contributed by atoms with Crippen molar-refractivity contribution < 1.29 is 28.8 Å². The molecule has 8 nitrogen and oxygen atoms in total. The summed E-state index contributed by atoms with van der Waals surface area (Å²) in [4.78, 5) is 48.9. The summed E-state index contributed by atoms with van der Waals surface area (Å²) in [5.41, 5.74) is 0. The van der Waals surface area contributed by atoms with Crippen molar-refractivity contribution in [2.45, 2.75) is 31.7 Å². The molecular weight excluding hydrogens is 244 g/mol. The van der Waals surface area contributed by atoms with Crippen molar-refractivity contribution in [1.82, 2.24) is 10.4 Å². The SMILES string of the molecule is O=C1CC[C@@H](COC(=O)ON2C(=O)CCC2=O)N1. The maximum absolute atomic E-state index is 11.2. The van der Waals surface area contributed by atoms with E-state index < -0.39 is 18.0 Å². The smallest absolute Gasteiger partial charge is 0.431 e. The number of nitrogens with one attached hydrogen (secondary N) is 1. The summed E-state index contributed by atoms with van der Waals surface area (Å²) < 4.78 is 4.71. The average Bonchev–Trinajstić information content (AvgIpc) is 2.87. The molecule has 2 aliphatic rings. The Bertz CT molecular complexity index is 391. The second-order valence-corrected chi connectivity index (χ2v) is 4.04. The summed E-state index contributed by atoms with van der Waals surface area (Å²) in [6.45, 7) is -0.0409. The Morgan fingerprint density at radius 2 is 1.89 bits per heavy atom. The predicted octanol–water partition coefficient (Wildman–Crippen LogP) is -0.518. The summed E-state index contributed by atoms with van der Waals surface area (Å²) in [5.74, 6) is -1.22. The van der Waals surface area contributed by atoms with E-state index in [1.807, 2.05) is 0 Å². The van der Waals surface area contributed by atoms with Crippen LogP contribution in [0.25, 0.3) is 0 Å². The first-order chi connectivity index (χ1) is 8.56. The zero-order valence-corrected chi connectivity index (χ0v) is 9.51. The number of carbonyl (C=O) groups excluding carboxylic acids is 4. The summed E-state index contributed by atoms with van der Waals surface area (Å²) in [7, 11) is 0. The minimum absolute atomic E-state index is 0.0325. The van der Waals surface area contributed by atoms with Gasteiger partial charge in [0.05, 0.1) is 6.04 Å². The van der Waals surface area contributed by atoms with Gasteiger partial charge in [-0.05, 0) is 6.42 Å². The average molecular weight is 256 g/mol. The van der Waals surface area contributed by atoms with Crippen LogP contribution in [0.3, 0.4) is 0 Å². The molecule has 0 bridgehead atoms. The van der Waals surface area contributed by atoms with Crippen molar-refractivity contribution in [2.24, 2.45) is 0 Å². The van der Waals surface area contributed by atoms with Gasteiger partial charge in [0.1, 0.15) is 6.61 Å². The van der Waals surface area contributed by atoms with Crippen molar-refractivity contribution in [1.29, 1.82) is 0 Å². The molecule has 0 aliphatic carbocycles. The number of carbonyl (C=O) groups is 4. The number of hydrogen-bond donors (Lipinski definition) is 1. The second kappa shape index (κ2) is 5.03. The van der Waals surface area contributed by atoms with Gasteiger partial charge in [-0.2, -0.15) is 0 Å².